The molecule has 7 rings (SSSR count). The summed E-state index contributed by atoms with van der Waals surface area (Å²) in [5.41, 5.74) is 6.36. The van der Waals surface area contributed by atoms with Crippen LogP contribution in [0.4, 0.5) is 5.69 Å². The predicted octanol–water partition coefficient (Wildman–Crippen LogP) is 8.35. The number of allylic oxidation sites excluding steroid dienone is 1. The van der Waals surface area contributed by atoms with Crippen molar-refractivity contribution in [3.8, 4) is 0 Å². The molecule has 1 amide bonds. The van der Waals surface area contributed by atoms with Crippen LogP contribution in [0.1, 0.15) is 113 Å². The SMILES string of the molecule is COC(=O)/C=C(\C)c1cccc(N(CC23CCC(c4ccc(C5CC5)cc4)(CC2)CC3)C(=O)C2CCCCC2)c1. The monoisotopic (exact) mass is 539 g/mol. The molecule has 2 aromatic carbocycles. The number of carbonyl (C=O) groups is 2. The topological polar surface area (TPSA) is 46.6 Å². The molecule has 5 aliphatic rings. The number of hydrogen-bond acceptors (Lipinski definition) is 3. The fraction of sp³-hybridized carbons (Fsp3) is 0.556. The maximum atomic E-state index is 14.2. The first-order valence-corrected chi connectivity index (χ1v) is 15.7. The molecule has 0 aromatic heterocycles. The molecule has 0 unspecified atom stereocenters. The Morgan fingerprint density at radius 1 is 0.900 bits per heavy atom. The van der Waals surface area contributed by atoms with Crippen molar-refractivity contribution in [3.05, 3.63) is 71.3 Å². The molecule has 0 aliphatic heterocycles. The average molecular weight is 540 g/mol. The molecule has 212 valence electrons. The van der Waals surface area contributed by atoms with E-state index in [-0.39, 0.29) is 17.3 Å². The minimum atomic E-state index is -0.355. The summed E-state index contributed by atoms with van der Waals surface area (Å²) >= 11 is 0. The Hall–Kier alpha value is -2.88. The summed E-state index contributed by atoms with van der Waals surface area (Å²) in [6.45, 7) is 2.74. The quantitative estimate of drug-likeness (QED) is 0.250. The van der Waals surface area contributed by atoms with E-state index < -0.39 is 0 Å². The molecule has 5 saturated carbocycles. The van der Waals surface area contributed by atoms with Crippen LogP contribution in [0.25, 0.3) is 5.57 Å². The number of rotatable bonds is 8. The van der Waals surface area contributed by atoms with E-state index in [1.54, 1.807) is 5.56 Å². The van der Waals surface area contributed by atoms with Gasteiger partial charge in [-0.25, -0.2) is 4.79 Å². The molecule has 4 nitrogen and oxygen atoms in total. The first-order valence-electron chi connectivity index (χ1n) is 15.7. The molecular formula is C36H45NO3. The first kappa shape index (κ1) is 27.3. The van der Waals surface area contributed by atoms with Crippen LogP contribution in [0.3, 0.4) is 0 Å². The molecule has 5 aliphatic carbocycles. The normalized spacial score (nSPS) is 26.9. The van der Waals surface area contributed by atoms with Crippen LogP contribution in [0.15, 0.2) is 54.6 Å². The number of anilines is 1. The smallest absolute Gasteiger partial charge is 0.330 e. The van der Waals surface area contributed by atoms with E-state index in [4.69, 9.17) is 4.74 Å². The van der Waals surface area contributed by atoms with Gasteiger partial charge in [0, 0.05) is 24.2 Å². The molecule has 0 heterocycles. The van der Waals surface area contributed by atoms with Crippen molar-refractivity contribution in [3.63, 3.8) is 0 Å². The summed E-state index contributed by atoms with van der Waals surface area (Å²) in [5, 5.41) is 0. The number of methoxy groups -OCH3 is 1. The van der Waals surface area contributed by atoms with E-state index in [9.17, 15) is 9.59 Å². The summed E-state index contributed by atoms with van der Waals surface area (Å²) in [4.78, 5) is 28.2. The van der Waals surface area contributed by atoms with Crippen LogP contribution in [-0.4, -0.2) is 25.5 Å². The van der Waals surface area contributed by atoms with Crippen LogP contribution < -0.4 is 4.90 Å². The largest absolute Gasteiger partial charge is 0.466 e. The van der Waals surface area contributed by atoms with Crippen molar-refractivity contribution in [2.24, 2.45) is 11.3 Å². The molecule has 2 bridgehead atoms. The maximum absolute atomic E-state index is 14.2. The maximum Gasteiger partial charge on any atom is 0.330 e. The number of ether oxygens (including phenoxy) is 1. The van der Waals surface area contributed by atoms with Gasteiger partial charge in [0.1, 0.15) is 0 Å². The molecule has 0 spiro atoms. The number of benzene rings is 2. The summed E-state index contributed by atoms with van der Waals surface area (Å²) in [5.74, 6) is 0.880. The predicted molar refractivity (Wildman–Crippen MR) is 161 cm³/mol. The number of amides is 1. The van der Waals surface area contributed by atoms with Gasteiger partial charge in [-0.1, -0.05) is 55.7 Å². The molecule has 5 fully saturated rings. The lowest BCUT2D eigenvalue weighted by Gasteiger charge is -2.55. The van der Waals surface area contributed by atoms with Crippen molar-refractivity contribution in [1.29, 1.82) is 0 Å². The highest BCUT2D eigenvalue weighted by molar-refractivity contribution is 5.96. The van der Waals surface area contributed by atoms with Gasteiger partial charge in [0.15, 0.2) is 0 Å². The Kier molecular flexibility index (Phi) is 7.63. The number of esters is 1. The zero-order chi connectivity index (χ0) is 27.7. The first-order chi connectivity index (χ1) is 19.4. The highest BCUT2D eigenvalue weighted by Crippen LogP contribution is 2.58. The van der Waals surface area contributed by atoms with E-state index in [0.717, 1.165) is 55.0 Å². The molecule has 2 aromatic rings. The van der Waals surface area contributed by atoms with Gasteiger partial charge < -0.3 is 9.64 Å². The van der Waals surface area contributed by atoms with Gasteiger partial charge in [-0.15, -0.1) is 0 Å². The fourth-order valence-electron chi connectivity index (χ4n) is 7.90. The van der Waals surface area contributed by atoms with Crippen molar-refractivity contribution in [1.82, 2.24) is 0 Å². The number of fused-ring (bicyclic) bond motifs is 3. The standard InChI is InChI=1S/C36H45NO3/c1-26(23-33(38)40-2)30-9-6-10-32(24-30)37(34(39)29-7-4-3-5-8-29)25-35-17-20-36(21-18-35,22-19-35)31-15-13-28(14-16-31)27-11-12-27/h6,9-10,13-16,23-24,27,29H,3-5,7-8,11-12,17-22,25H2,1-2H3/b26-23+. The van der Waals surface area contributed by atoms with Crippen LogP contribution in [-0.2, 0) is 19.7 Å². The van der Waals surface area contributed by atoms with E-state index >= 15 is 0 Å². The molecule has 0 atom stereocenters. The Balaban J connectivity index is 1.24. The van der Waals surface area contributed by atoms with Crippen molar-refractivity contribution >= 4 is 23.1 Å². The second-order valence-electron chi connectivity index (χ2n) is 13.3. The summed E-state index contributed by atoms with van der Waals surface area (Å²) in [6.07, 6.45) is 17.0. The second kappa shape index (κ2) is 11.2. The van der Waals surface area contributed by atoms with Crippen molar-refractivity contribution in [2.75, 3.05) is 18.6 Å². The number of nitrogens with zero attached hydrogens (tertiary/aromatic N) is 1. The minimum absolute atomic E-state index is 0.122. The van der Waals surface area contributed by atoms with Gasteiger partial charge in [-0.2, -0.15) is 0 Å². The lowest BCUT2D eigenvalue weighted by molar-refractivity contribution is -0.134. The lowest BCUT2D eigenvalue weighted by Crippen LogP contribution is -2.51. The molecule has 4 heteroatoms. The van der Waals surface area contributed by atoms with Crippen molar-refractivity contribution < 1.29 is 14.3 Å². The number of carbonyl (C=O) groups excluding carboxylic acids is 2. The molecule has 0 N–H and O–H groups in total. The van der Waals surface area contributed by atoms with Crippen LogP contribution in [0.5, 0.6) is 0 Å². The van der Waals surface area contributed by atoms with E-state index in [1.165, 1.54) is 76.5 Å². The van der Waals surface area contributed by atoms with Crippen LogP contribution in [0.2, 0.25) is 0 Å². The summed E-state index contributed by atoms with van der Waals surface area (Å²) < 4.78 is 4.85. The highest BCUT2D eigenvalue weighted by Gasteiger charge is 2.50. The minimum Gasteiger partial charge on any atom is -0.466 e. The Morgan fingerprint density at radius 3 is 2.20 bits per heavy atom. The Labute approximate surface area is 240 Å². The second-order valence-corrected chi connectivity index (χ2v) is 13.3. The van der Waals surface area contributed by atoms with Gasteiger partial charge in [0.25, 0.3) is 0 Å². The van der Waals surface area contributed by atoms with Gasteiger partial charge in [-0.05, 0) is 122 Å². The Bertz CT molecular complexity index is 1240. The third-order valence-electron chi connectivity index (χ3n) is 10.8. The average Bonchev–Trinajstić information content (AvgIpc) is 3.87. The van der Waals surface area contributed by atoms with Gasteiger partial charge >= 0.3 is 5.97 Å². The van der Waals surface area contributed by atoms with Crippen LogP contribution >= 0.6 is 0 Å². The number of hydrogen-bond donors (Lipinski definition) is 0. The summed E-state index contributed by atoms with van der Waals surface area (Å²) in [7, 11) is 1.40. The molecular weight excluding hydrogens is 494 g/mol. The molecule has 40 heavy (non-hydrogen) atoms. The molecule has 0 saturated heterocycles. The zero-order valence-electron chi connectivity index (χ0n) is 24.4. The van der Waals surface area contributed by atoms with E-state index in [2.05, 4.69) is 41.3 Å². The lowest BCUT2D eigenvalue weighted by atomic mass is 9.51. The molecule has 0 radical (unpaired) electrons. The van der Waals surface area contributed by atoms with E-state index in [0.29, 0.717) is 11.3 Å². The fourth-order valence-corrected chi connectivity index (χ4v) is 7.90. The van der Waals surface area contributed by atoms with Gasteiger partial charge in [0.2, 0.25) is 5.91 Å². The third kappa shape index (κ3) is 5.51. The van der Waals surface area contributed by atoms with Gasteiger partial charge in [-0.3, -0.25) is 4.79 Å². The van der Waals surface area contributed by atoms with Gasteiger partial charge in [0.05, 0.1) is 7.11 Å². The summed E-state index contributed by atoms with van der Waals surface area (Å²) in [6, 6.07) is 17.9. The highest BCUT2D eigenvalue weighted by atomic mass is 16.5. The Morgan fingerprint density at radius 2 is 1.57 bits per heavy atom. The van der Waals surface area contributed by atoms with Crippen molar-refractivity contribution in [2.45, 2.75) is 102 Å². The zero-order valence-corrected chi connectivity index (χ0v) is 24.4. The van der Waals surface area contributed by atoms with E-state index in [1.807, 2.05) is 19.1 Å². The third-order valence-corrected chi connectivity index (χ3v) is 10.8. The van der Waals surface area contributed by atoms with Crippen LogP contribution in [0, 0.1) is 11.3 Å².